The van der Waals surface area contributed by atoms with Crippen molar-refractivity contribution in [1.29, 1.82) is 0 Å². The average molecular weight is 437 g/mol. The van der Waals surface area contributed by atoms with Gasteiger partial charge in [-0.15, -0.1) is 0 Å². The Bertz CT molecular complexity index is 951. The molecule has 3 rings (SSSR count). The van der Waals surface area contributed by atoms with Crippen molar-refractivity contribution < 1.29 is 23.7 Å². The van der Waals surface area contributed by atoms with Gasteiger partial charge in [0, 0.05) is 12.1 Å². The third-order valence-corrected chi connectivity index (χ3v) is 5.62. The van der Waals surface area contributed by atoms with Gasteiger partial charge in [0.25, 0.3) is 0 Å². The maximum Gasteiger partial charge on any atom is 0.125 e. The molecule has 0 atom stereocenters. The van der Waals surface area contributed by atoms with Crippen molar-refractivity contribution in [2.75, 3.05) is 35.5 Å². The normalized spacial score (nSPS) is 10.5. The first-order chi connectivity index (χ1) is 15.6. The summed E-state index contributed by atoms with van der Waals surface area (Å²) in [6.07, 6.45) is 3.51. The Morgan fingerprint density at radius 3 is 1.25 bits per heavy atom. The number of methoxy groups -OCH3 is 5. The Kier molecular flexibility index (Phi) is 8.26. The largest absolute Gasteiger partial charge is 0.497 e. The van der Waals surface area contributed by atoms with Crippen LogP contribution in [0.1, 0.15) is 22.3 Å². The van der Waals surface area contributed by atoms with E-state index in [1.807, 2.05) is 24.3 Å². The summed E-state index contributed by atoms with van der Waals surface area (Å²) in [5.74, 6) is 4.16. The van der Waals surface area contributed by atoms with E-state index in [2.05, 4.69) is 30.3 Å². The molecule has 5 nitrogen and oxygen atoms in total. The first-order valence-electron chi connectivity index (χ1n) is 10.7. The fraction of sp³-hybridized carbons (Fsp3) is 0.333. The quantitative estimate of drug-likeness (QED) is 0.408. The Morgan fingerprint density at radius 2 is 0.875 bits per heavy atom. The van der Waals surface area contributed by atoms with Crippen LogP contribution in [-0.4, -0.2) is 35.5 Å². The van der Waals surface area contributed by atoms with Gasteiger partial charge in [-0.3, -0.25) is 0 Å². The second kappa shape index (κ2) is 11.3. The van der Waals surface area contributed by atoms with Gasteiger partial charge in [-0.25, -0.2) is 0 Å². The zero-order chi connectivity index (χ0) is 22.9. The third kappa shape index (κ3) is 5.88. The molecule has 0 fully saturated rings. The zero-order valence-electron chi connectivity index (χ0n) is 19.6. The van der Waals surface area contributed by atoms with Gasteiger partial charge in [0.1, 0.15) is 28.7 Å². The van der Waals surface area contributed by atoms with E-state index in [4.69, 9.17) is 23.7 Å². The van der Waals surface area contributed by atoms with Crippen LogP contribution in [0, 0.1) is 0 Å². The van der Waals surface area contributed by atoms with E-state index in [0.717, 1.165) is 65.6 Å². The van der Waals surface area contributed by atoms with Crippen molar-refractivity contribution in [3.8, 4) is 28.7 Å². The minimum atomic E-state index is 0.795. The first kappa shape index (κ1) is 23.3. The fourth-order valence-corrected chi connectivity index (χ4v) is 3.81. The van der Waals surface area contributed by atoms with Gasteiger partial charge in [0.05, 0.1) is 35.5 Å². The van der Waals surface area contributed by atoms with E-state index >= 15 is 0 Å². The highest BCUT2D eigenvalue weighted by molar-refractivity contribution is 5.43. The van der Waals surface area contributed by atoms with Crippen LogP contribution >= 0.6 is 0 Å². The summed E-state index contributed by atoms with van der Waals surface area (Å²) in [6.45, 7) is 0. The standard InChI is InChI=1S/C27H32O5/c1-28-23-12-10-21(26(17-23)31-4)8-6-19-14-20(16-25(15-19)30-3)7-9-22-11-13-24(29-2)18-27(22)32-5/h10-18H,6-9H2,1-5H3. The smallest absolute Gasteiger partial charge is 0.125 e. The van der Waals surface area contributed by atoms with Gasteiger partial charge >= 0.3 is 0 Å². The van der Waals surface area contributed by atoms with E-state index < -0.39 is 0 Å². The highest BCUT2D eigenvalue weighted by Gasteiger charge is 2.09. The molecule has 3 aromatic rings. The fourth-order valence-electron chi connectivity index (χ4n) is 3.81. The van der Waals surface area contributed by atoms with Gasteiger partial charge in [-0.05, 0) is 72.2 Å². The lowest BCUT2D eigenvalue weighted by Gasteiger charge is -2.13. The number of ether oxygens (including phenoxy) is 5. The van der Waals surface area contributed by atoms with Crippen LogP contribution in [0.3, 0.4) is 0 Å². The minimum absolute atomic E-state index is 0.795. The monoisotopic (exact) mass is 436 g/mol. The number of hydrogen-bond acceptors (Lipinski definition) is 5. The molecule has 0 amide bonds. The maximum atomic E-state index is 5.57. The summed E-state index contributed by atoms with van der Waals surface area (Å²) in [7, 11) is 8.41. The molecule has 0 aromatic heterocycles. The Hall–Kier alpha value is -3.34. The Morgan fingerprint density at radius 1 is 0.438 bits per heavy atom. The molecule has 32 heavy (non-hydrogen) atoms. The van der Waals surface area contributed by atoms with Crippen molar-refractivity contribution in [1.82, 2.24) is 0 Å². The van der Waals surface area contributed by atoms with Crippen LogP contribution in [0.5, 0.6) is 28.7 Å². The van der Waals surface area contributed by atoms with Crippen molar-refractivity contribution >= 4 is 0 Å². The molecule has 0 unspecified atom stereocenters. The van der Waals surface area contributed by atoms with E-state index in [9.17, 15) is 0 Å². The van der Waals surface area contributed by atoms with Crippen molar-refractivity contribution in [3.05, 3.63) is 76.9 Å². The van der Waals surface area contributed by atoms with Crippen LogP contribution in [-0.2, 0) is 25.7 Å². The number of rotatable bonds is 11. The van der Waals surface area contributed by atoms with Crippen LogP contribution in [0.25, 0.3) is 0 Å². The lowest BCUT2D eigenvalue weighted by molar-refractivity contribution is 0.391. The minimum Gasteiger partial charge on any atom is -0.497 e. The molecule has 0 saturated carbocycles. The summed E-state index contributed by atoms with van der Waals surface area (Å²) in [4.78, 5) is 0. The molecule has 3 aromatic carbocycles. The molecule has 0 spiro atoms. The molecule has 170 valence electrons. The molecule has 0 radical (unpaired) electrons. The Balaban J connectivity index is 1.73. The summed E-state index contributed by atoms with van der Waals surface area (Å²) in [5, 5.41) is 0. The molecular weight excluding hydrogens is 404 g/mol. The van der Waals surface area contributed by atoms with Crippen LogP contribution in [0.2, 0.25) is 0 Å². The zero-order valence-corrected chi connectivity index (χ0v) is 19.6. The second-order valence-electron chi connectivity index (χ2n) is 7.54. The average Bonchev–Trinajstić information content (AvgIpc) is 2.85. The topological polar surface area (TPSA) is 46.2 Å². The SMILES string of the molecule is COc1cc(CCc2ccc(OC)cc2OC)cc(CCc2ccc(OC)cc2OC)c1. The van der Waals surface area contributed by atoms with E-state index in [-0.39, 0.29) is 0 Å². The third-order valence-electron chi connectivity index (χ3n) is 5.62. The van der Waals surface area contributed by atoms with E-state index in [0.29, 0.717) is 0 Å². The molecular formula is C27H32O5. The molecule has 0 saturated heterocycles. The predicted molar refractivity (Wildman–Crippen MR) is 127 cm³/mol. The number of benzene rings is 3. The summed E-state index contributed by atoms with van der Waals surface area (Å²) >= 11 is 0. The number of hydrogen-bond donors (Lipinski definition) is 0. The highest BCUT2D eigenvalue weighted by Crippen LogP contribution is 2.28. The van der Waals surface area contributed by atoms with Gasteiger partial charge in [-0.1, -0.05) is 18.2 Å². The van der Waals surface area contributed by atoms with Crippen molar-refractivity contribution in [2.24, 2.45) is 0 Å². The molecule has 5 heteroatoms. The van der Waals surface area contributed by atoms with Gasteiger partial charge in [0.2, 0.25) is 0 Å². The van der Waals surface area contributed by atoms with Crippen LogP contribution in [0.4, 0.5) is 0 Å². The first-order valence-corrected chi connectivity index (χ1v) is 10.7. The number of aryl methyl sites for hydroxylation is 4. The molecule has 0 heterocycles. The molecule has 0 aliphatic rings. The van der Waals surface area contributed by atoms with Crippen LogP contribution < -0.4 is 23.7 Å². The van der Waals surface area contributed by atoms with Crippen LogP contribution in [0.15, 0.2) is 54.6 Å². The van der Waals surface area contributed by atoms with Gasteiger partial charge in [0.15, 0.2) is 0 Å². The maximum absolute atomic E-state index is 5.57. The lowest BCUT2D eigenvalue weighted by atomic mass is 9.98. The Labute approximate surface area is 190 Å². The summed E-state index contributed by atoms with van der Waals surface area (Å²) in [5.41, 5.74) is 4.78. The van der Waals surface area contributed by atoms with E-state index in [1.54, 1.807) is 35.5 Å². The lowest BCUT2D eigenvalue weighted by Crippen LogP contribution is -2.00. The summed E-state index contributed by atoms with van der Waals surface area (Å²) in [6, 6.07) is 18.4. The van der Waals surface area contributed by atoms with Crippen molar-refractivity contribution in [2.45, 2.75) is 25.7 Å². The second-order valence-corrected chi connectivity index (χ2v) is 7.54. The molecule has 0 N–H and O–H groups in total. The summed E-state index contributed by atoms with van der Waals surface area (Å²) < 4.78 is 27.3. The molecule has 0 bridgehead atoms. The van der Waals surface area contributed by atoms with Gasteiger partial charge in [-0.2, -0.15) is 0 Å². The highest BCUT2D eigenvalue weighted by atomic mass is 16.5. The van der Waals surface area contributed by atoms with E-state index in [1.165, 1.54) is 11.1 Å². The molecule has 0 aliphatic carbocycles. The molecule has 0 aliphatic heterocycles. The predicted octanol–water partition coefficient (Wildman–Crippen LogP) is 5.30. The van der Waals surface area contributed by atoms with Crippen molar-refractivity contribution in [3.63, 3.8) is 0 Å². The van der Waals surface area contributed by atoms with Gasteiger partial charge < -0.3 is 23.7 Å².